The van der Waals surface area contributed by atoms with E-state index in [1.807, 2.05) is 4.90 Å². The number of thiophene rings is 1. The molecule has 0 spiro atoms. The molecule has 2 aliphatic carbocycles. The van der Waals surface area contributed by atoms with Gasteiger partial charge in [0.25, 0.3) is 11.8 Å². The molecule has 66 heavy (non-hydrogen) atoms. The Morgan fingerprint density at radius 3 is 2.29 bits per heavy atom. The van der Waals surface area contributed by atoms with Crippen molar-refractivity contribution in [1.82, 2.24) is 30.0 Å². The predicted octanol–water partition coefficient (Wildman–Crippen LogP) is 1.37. The third kappa shape index (κ3) is 11.0. The van der Waals surface area contributed by atoms with E-state index in [1.165, 1.54) is 4.88 Å². The van der Waals surface area contributed by atoms with Gasteiger partial charge in [-0.1, -0.05) is 6.07 Å². The highest BCUT2D eigenvalue weighted by molar-refractivity contribution is 7.19. The van der Waals surface area contributed by atoms with Crippen molar-refractivity contribution in [1.29, 1.82) is 0 Å². The second-order valence-electron chi connectivity index (χ2n) is 17.1. The molecule has 5 aliphatic rings. The van der Waals surface area contributed by atoms with Gasteiger partial charge in [-0.25, -0.2) is 9.97 Å². The molecule has 0 radical (unpaired) electrons. The average molecular weight is 935 g/mol. The molecule has 1 aromatic carbocycles. The Kier molecular flexibility index (Phi) is 15.8. The van der Waals surface area contributed by atoms with Crippen LogP contribution in [0.5, 0.6) is 5.88 Å². The van der Waals surface area contributed by atoms with Crippen LogP contribution >= 0.6 is 11.3 Å². The molecule has 20 nitrogen and oxygen atoms in total. The van der Waals surface area contributed by atoms with Crippen LogP contribution in [0, 0.1) is 0 Å². The van der Waals surface area contributed by atoms with Gasteiger partial charge in [-0.05, 0) is 75.0 Å². The number of imide groups is 2. The third-order valence-electron chi connectivity index (χ3n) is 13.0. The minimum Gasteiger partial charge on any atom is -0.474 e. The molecule has 6 amide bonds. The summed E-state index contributed by atoms with van der Waals surface area (Å²) in [4.78, 5) is 91.0. The standard InChI is InChI=1S/C45H58N8O12S/c46-40(57)33(54)24-27-4-10-34-37(27)39-42(48-26-49-43(39)66-34)65-29-7-5-28(6-8-29)51-13-15-52(16-14-51)36(56)25-64-23-22-63-21-20-62-19-18-61-17-12-47-31-3-1-2-30-38(31)45(60)53(44(30)59)32-9-11-35(55)50-41(32)58/h1-3,26-29,32-33,47,54H,4-25H2,(H2,46,57)(H,50,55,58)/t27-,28-,29-,32?,33+/m1/s1. The number of carbonyl (C=O) groups is 6. The number of primary amides is 1. The van der Waals surface area contributed by atoms with Crippen LogP contribution in [0.2, 0.25) is 0 Å². The van der Waals surface area contributed by atoms with Crippen molar-refractivity contribution in [3.05, 3.63) is 46.1 Å². The van der Waals surface area contributed by atoms with Crippen molar-refractivity contribution in [3.63, 3.8) is 0 Å². The van der Waals surface area contributed by atoms with E-state index in [9.17, 15) is 33.9 Å². The van der Waals surface area contributed by atoms with Gasteiger partial charge in [-0.3, -0.25) is 43.9 Å². The number of nitrogens with two attached hydrogens (primary N) is 1. The molecule has 2 saturated heterocycles. The molecule has 1 unspecified atom stereocenters. The summed E-state index contributed by atoms with van der Waals surface area (Å²) in [7, 11) is 0. The van der Waals surface area contributed by atoms with Crippen LogP contribution in [0.4, 0.5) is 5.69 Å². The lowest BCUT2D eigenvalue weighted by molar-refractivity contribution is -0.139. The van der Waals surface area contributed by atoms with Crippen LogP contribution in [0.3, 0.4) is 0 Å². The molecule has 5 heterocycles. The number of amides is 6. The lowest BCUT2D eigenvalue weighted by Crippen LogP contribution is -2.54. The number of carbonyl (C=O) groups excluding carboxylic acids is 6. The molecule has 21 heteroatoms. The summed E-state index contributed by atoms with van der Waals surface area (Å²) in [5.74, 6) is -2.35. The molecule has 3 atom stereocenters. The van der Waals surface area contributed by atoms with E-state index < -0.39 is 41.7 Å². The Morgan fingerprint density at radius 1 is 0.864 bits per heavy atom. The summed E-state index contributed by atoms with van der Waals surface area (Å²) in [5.41, 5.74) is 7.32. The van der Waals surface area contributed by atoms with Crippen molar-refractivity contribution in [2.45, 2.75) is 88.0 Å². The van der Waals surface area contributed by atoms with E-state index in [0.717, 1.165) is 72.3 Å². The van der Waals surface area contributed by atoms with Crippen LogP contribution in [0.1, 0.15) is 88.4 Å². The highest BCUT2D eigenvalue weighted by Gasteiger charge is 2.45. The quantitative estimate of drug-likeness (QED) is 0.0820. The van der Waals surface area contributed by atoms with E-state index in [4.69, 9.17) is 29.4 Å². The number of aromatic nitrogens is 2. The van der Waals surface area contributed by atoms with Gasteiger partial charge in [0, 0.05) is 55.8 Å². The summed E-state index contributed by atoms with van der Waals surface area (Å²) >= 11 is 1.63. The highest BCUT2D eigenvalue weighted by Crippen LogP contribution is 2.48. The molecule has 1 saturated carbocycles. The monoisotopic (exact) mass is 934 g/mol. The summed E-state index contributed by atoms with van der Waals surface area (Å²) in [6.07, 6.45) is 6.32. The first-order valence-electron chi connectivity index (χ1n) is 22.9. The van der Waals surface area contributed by atoms with Gasteiger partial charge in [0.05, 0.1) is 62.8 Å². The van der Waals surface area contributed by atoms with Gasteiger partial charge >= 0.3 is 0 Å². The Hall–Kier alpha value is -5.16. The van der Waals surface area contributed by atoms with Gasteiger partial charge in [0.1, 0.15) is 36.0 Å². The van der Waals surface area contributed by atoms with Crippen molar-refractivity contribution < 1.29 is 57.6 Å². The van der Waals surface area contributed by atoms with Crippen molar-refractivity contribution in [2.24, 2.45) is 5.73 Å². The van der Waals surface area contributed by atoms with Gasteiger partial charge in [-0.2, -0.15) is 0 Å². The Labute approximate surface area is 385 Å². The molecule has 8 rings (SSSR count). The predicted molar refractivity (Wildman–Crippen MR) is 238 cm³/mol. The first kappa shape index (κ1) is 47.3. The SMILES string of the molecule is NC(=O)[C@@H](O)C[C@H]1CCc2sc3ncnc(O[C@H]4CC[C@H](N5CCN(C(=O)COCCOCCOCCOCCNc6cccc7c6C(=O)N(C6CCC(=O)NC6=O)C7=O)CC5)CC4)c3c21. The molecule has 3 aliphatic heterocycles. The first-order chi connectivity index (χ1) is 32.1. The van der Waals surface area contributed by atoms with Gasteiger partial charge in [-0.15, -0.1) is 11.3 Å². The smallest absolute Gasteiger partial charge is 0.264 e. The second kappa shape index (κ2) is 22.1. The minimum absolute atomic E-state index is 0.00655. The molecule has 3 fully saturated rings. The van der Waals surface area contributed by atoms with Gasteiger partial charge in [0.2, 0.25) is 29.5 Å². The number of anilines is 1. The van der Waals surface area contributed by atoms with E-state index >= 15 is 0 Å². The van der Waals surface area contributed by atoms with E-state index in [0.29, 0.717) is 83.5 Å². The fourth-order valence-electron chi connectivity index (χ4n) is 9.60. The Morgan fingerprint density at radius 2 is 1.58 bits per heavy atom. The number of fused-ring (bicyclic) bond motifs is 4. The Bertz CT molecular complexity index is 2260. The molecule has 5 N–H and O–H groups in total. The number of hydrogen-bond donors (Lipinski definition) is 4. The topological polar surface area (TPSA) is 254 Å². The number of piperidine rings is 1. The first-order valence-corrected chi connectivity index (χ1v) is 23.7. The van der Waals surface area contributed by atoms with Crippen LogP contribution in [-0.2, 0) is 44.5 Å². The maximum absolute atomic E-state index is 13.2. The van der Waals surface area contributed by atoms with Crippen molar-refractivity contribution >= 4 is 62.7 Å². The molecule has 356 valence electrons. The number of aliphatic hydroxyl groups excluding tert-OH is 1. The number of ether oxygens (including phenoxy) is 5. The number of benzene rings is 1. The zero-order valence-electron chi connectivity index (χ0n) is 36.9. The number of hydrogen-bond acceptors (Lipinski definition) is 17. The van der Waals surface area contributed by atoms with Crippen molar-refractivity contribution in [3.8, 4) is 5.88 Å². The lowest BCUT2D eigenvalue weighted by Gasteiger charge is -2.41. The van der Waals surface area contributed by atoms with E-state index in [2.05, 4.69) is 25.5 Å². The molecular weight excluding hydrogens is 877 g/mol. The molecular formula is C45H58N8O12S. The number of rotatable bonds is 22. The summed E-state index contributed by atoms with van der Waals surface area (Å²) in [6.45, 7) is 5.68. The number of nitrogens with zero attached hydrogens (tertiary/aromatic N) is 5. The lowest BCUT2D eigenvalue weighted by atomic mass is 9.91. The minimum atomic E-state index is -1.19. The molecule has 0 bridgehead atoms. The van der Waals surface area contributed by atoms with Crippen LogP contribution in [0.15, 0.2) is 24.5 Å². The Balaban J connectivity index is 0.637. The maximum Gasteiger partial charge on any atom is 0.264 e. The number of piperazine rings is 1. The number of aliphatic hydroxyl groups is 1. The van der Waals surface area contributed by atoms with E-state index in [-0.39, 0.29) is 54.9 Å². The largest absolute Gasteiger partial charge is 0.474 e. The fourth-order valence-corrected chi connectivity index (χ4v) is 10.8. The van der Waals surface area contributed by atoms with Gasteiger partial charge in [0.15, 0.2) is 0 Å². The fraction of sp³-hybridized carbons (Fsp3) is 0.600. The normalized spacial score (nSPS) is 22.7. The zero-order chi connectivity index (χ0) is 46.2. The van der Waals surface area contributed by atoms with Crippen LogP contribution < -0.4 is 21.1 Å². The average Bonchev–Trinajstić information content (AvgIpc) is 3.97. The summed E-state index contributed by atoms with van der Waals surface area (Å²) in [6, 6.07) is 4.30. The second-order valence-corrected chi connectivity index (χ2v) is 18.2. The van der Waals surface area contributed by atoms with Crippen LogP contribution in [-0.4, -0.2) is 175 Å². The van der Waals surface area contributed by atoms with Crippen molar-refractivity contribution in [2.75, 3.05) is 90.9 Å². The van der Waals surface area contributed by atoms with E-state index in [1.54, 1.807) is 35.9 Å². The third-order valence-corrected chi connectivity index (χ3v) is 14.2. The molecule has 2 aromatic heterocycles. The zero-order valence-corrected chi connectivity index (χ0v) is 37.7. The molecule has 3 aromatic rings. The summed E-state index contributed by atoms with van der Waals surface area (Å²) in [5, 5.41) is 16.4. The summed E-state index contributed by atoms with van der Waals surface area (Å²) < 4.78 is 28.9. The maximum atomic E-state index is 13.2. The highest BCUT2D eigenvalue weighted by atomic mass is 32.1. The van der Waals surface area contributed by atoms with Gasteiger partial charge < -0.3 is 44.7 Å². The number of aryl methyl sites for hydroxylation is 1. The van der Waals surface area contributed by atoms with Crippen LogP contribution in [0.25, 0.3) is 10.2 Å². The number of nitrogens with one attached hydrogen (secondary N) is 2.